The molecule has 1 N–H and O–H groups in total. The zero-order chi connectivity index (χ0) is 12.6. The van der Waals surface area contributed by atoms with Crippen LogP contribution < -0.4 is 5.32 Å². The molecule has 0 bridgehead atoms. The molecule has 1 aliphatic carbocycles. The number of hydrogen-bond donors (Lipinski definition) is 1. The van der Waals surface area contributed by atoms with Gasteiger partial charge in [0.1, 0.15) is 5.41 Å². The van der Waals surface area contributed by atoms with Crippen molar-refractivity contribution in [3.8, 4) is 0 Å². The number of carbonyl (C=O) groups is 3. The maximum Gasteiger partial charge on any atom is 0.345 e. The minimum atomic E-state index is -1.02. The van der Waals surface area contributed by atoms with Crippen molar-refractivity contribution < 1.29 is 14.4 Å². The molecular weight excluding hydrogens is 222 g/mol. The molecule has 1 saturated carbocycles. The summed E-state index contributed by atoms with van der Waals surface area (Å²) in [7, 11) is 3.23. The lowest BCUT2D eigenvalue weighted by atomic mass is 9.71. The van der Waals surface area contributed by atoms with Gasteiger partial charge < -0.3 is 0 Å². The lowest BCUT2D eigenvalue weighted by molar-refractivity contribution is -0.162. The number of urea groups is 1. The van der Waals surface area contributed by atoms with Crippen molar-refractivity contribution in [3.05, 3.63) is 0 Å². The van der Waals surface area contributed by atoms with Crippen molar-refractivity contribution in [2.75, 3.05) is 14.1 Å². The Morgan fingerprint density at radius 2 is 1.71 bits per heavy atom. The Morgan fingerprint density at radius 3 is 2.24 bits per heavy atom. The molecule has 1 heterocycles. The van der Waals surface area contributed by atoms with Crippen LogP contribution in [0.15, 0.2) is 0 Å². The number of barbiturate groups is 1. The number of hydrazine groups is 1. The zero-order valence-corrected chi connectivity index (χ0v) is 10.2. The van der Waals surface area contributed by atoms with E-state index in [1.807, 2.05) is 0 Å². The van der Waals surface area contributed by atoms with E-state index in [2.05, 4.69) is 5.32 Å². The predicted molar refractivity (Wildman–Crippen MR) is 59.6 cm³/mol. The maximum atomic E-state index is 12.4. The van der Waals surface area contributed by atoms with Gasteiger partial charge in [0.05, 0.1) is 0 Å². The molecule has 2 aliphatic rings. The summed E-state index contributed by atoms with van der Waals surface area (Å²) in [5.41, 5.74) is -1.02. The molecule has 1 spiro atoms. The molecule has 0 aromatic rings. The van der Waals surface area contributed by atoms with Crippen LogP contribution in [-0.4, -0.2) is 42.0 Å². The Bertz CT molecular complexity index is 372. The lowest BCUT2D eigenvalue weighted by Gasteiger charge is -2.42. The highest BCUT2D eigenvalue weighted by molar-refractivity contribution is 6.18. The summed E-state index contributed by atoms with van der Waals surface area (Å²) < 4.78 is 0. The fourth-order valence-electron chi connectivity index (χ4n) is 2.62. The minimum absolute atomic E-state index is 0.379. The summed E-state index contributed by atoms with van der Waals surface area (Å²) in [6.07, 6.45) is 3.83. The normalized spacial score (nSPS) is 24.4. The second-order valence-corrected chi connectivity index (χ2v) is 4.87. The van der Waals surface area contributed by atoms with E-state index >= 15 is 0 Å². The Labute approximate surface area is 99.9 Å². The molecule has 0 aromatic carbocycles. The first kappa shape index (κ1) is 12.0. The Hall–Kier alpha value is -1.43. The van der Waals surface area contributed by atoms with E-state index in [1.165, 1.54) is 5.01 Å². The van der Waals surface area contributed by atoms with Crippen LogP contribution in [0, 0.1) is 5.41 Å². The number of amides is 4. The van der Waals surface area contributed by atoms with Gasteiger partial charge in [0, 0.05) is 14.1 Å². The summed E-state index contributed by atoms with van der Waals surface area (Å²) in [5.74, 6) is -0.804. The van der Waals surface area contributed by atoms with Crippen molar-refractivity contribution in [3.63, 3.8) is 0 Å². The van der Waals surface area contributed by atoms with Crippen LogP contribution in [0.5, 0.6) is 0 Å². The molecule has 17 heavy (non-hydrogen) atoms. The van der Waals surface area contributed by atoms with Gasteiger partial charge in [0.2, 0.25) is 5.91 Å². The molecule has 94 valence electrons. The van der Waals surface area contributed by atoms with Crippen LogP contribution in [0.2, 0.25) is 0 Å². The summed E-state index contributed by atoms with van der Waals surface area (Å²) >= 11 is 0. The monoisotopic (exact) mass is 239 g/mol. The van der Waals surface area contributed by atoms with Crippen LogP contribution in [0.4, 0.5) is 4.79 Å². The number of rotatable bonds is 1. The topological polar surface area (TPSA) is 69.7 Å². The van der Waals surface area contributed by atoms with E-state index in [4.69, 9.17) is 0 Å². The highest BCUT2D eigenvalue weighted by atomic mass is 16.2. The smallest absolute Gasteiger partial charge is 0.275 e. The highest BCUT2D eigenvalue weighted by Gasteiger charge is 2.54. The van der Waals surface area contributed by atoms with E-state index in [0.29, 0.717) is 12.8 Å². The highest BCUT2D eigenvalue weighted by Crippen LogP contribution is 2.40. The molecule has 0 unspecified atom stereocenters. The first-order valence-corrected chi connectivity index (χ1v) is 5.86. The molecule has 6 heteroatoms. The third-order valence-corrected chi connectivity index (χ3v) is 3.56. The summed E-state index contributed by atoms with van der Waals surface area (Å²) in [5, 5.41) is 4.72. The largest absolute Gasteiger partial charge is 0.345 e. The Balaban J connectivity index is 2.35. The van der Waals surface area contributed by atoms with Gasteiger partial charge in [-0.1, -0.05) is 19.3 Å². The van der Waals surface area contributed by atoms with Crippen LogP contribution in [-0.2, 0) is 9.59 Å². The van der Waals surface area contributed by atoms with E-state index in [1.54, 1.807) is 14.1 Å². The standard InChI is InChI=1S/C11H17N3O3/c1-13(2)14-9(16)11(6-4-3-5-7-11)8(15)12-10(14)17/h3-7H2,1-2H3,(H,12,15,17). The average Bonchev–Trinajstić information content (AvgIpc) is 2.27. The maximum absolute atomic E-state index is 12.4. The van der Waals surface area contributed by atoms with Crippen LogP contribution in [0.3, 0.4) is 0 Å². The molecule has 1 saturated heterocycles. The fourth-order valence-corrected chi connectivity index (χ4v) is 2.62. The SMILES string of the molecule is CN(C)N1C(=O)NC(=O)C2(CCCCC2)C1=O. The number of hydrogen-bond acceptors (Lipinski definition) is 4. The average molecular weight is 239 g/mol. The van der Waals surface area contributed by atoms with Crippen molar-refractivity contribution in [2.24, 2.45) is 5.41 Å². The Kier molecular flexibility index (Phi) is 2.91. The van der Waals surface area contributed by atoms with E-state index in [0.717, 1.165) is 24.3 Å². The van der Waals surface area contributed by atoms with E-state index < -0.39 is 17.4 Å². The second-order valence-electron chi connectivity index (χ2n) is 4.87. The van der Waals surface area contributed by atoms with Crippen molar-refractivity contribution in [2.45, 2.75) is 32.1 Å². The van der Waals surface area contributed by atoms with Gasteiger partial charge >= 0.3 is 6.03 Å². The fraction of sp³-hybridized carbons (Fsp3) is 0.727. The van der Waals surface area contributed by atoms with Gasteiger partial charge in [-0.3, -0.25) is 14.9 Å². The Morgan fingerprint density at radius 1 is 1.12 bits per heavy atom. The molecule has 4 amide bonds. The summed E-state index contributed by atoms with van der Waals surface area (Å²) in [6.45, 7) is 0. The van der Waals surface area contributed by atoms with Gasteiger partial charge in [-0.25, -0.2) is 9.80 Å². The van der Waals surface area contributed by atoms with Crippen LogP contribution in [0.25, 0.3) is 0 Å². The molecule has 0 atom stereocenters. The molecule has 1 aliphatic heterocycles. The van der Waals surface area contributed by atoms with Gasteiger partial charge in [0.15, 0.2) is 0 Å². The van der Waals surface area contributed by atoms with E-state index in [-0.39, 0.29) is 5.91 Å². The number of carbonyl (C=O) groups excluding carboxylic acids is 3. The van der Waals surface area contributed by atoms with E-state index in [9.17, 15) is 14.4 Å². The van der Waals surface area contributed by atoms with Gasteiger partial charge in [0.25, 0.3) is 5.91 Å². The third-order valence-electron chi connectivity index (χ3n) is 3.56. The molecule has 0 aromatic heterocycles. The predicted octanol–water partition coefficient (Wildman–Crippen LogP) is 0.492. The third kappa shape index (κ3) is 1.72. The van der Waals surface area contributed by atoms with Gasteiger partial charge in [-0.15, -0.1) is 0 Å². The van der Waals surface area contributed by atoms with Gasteiger partial charge in [-0.05, 0) is 12.8 Å². The number of nitrogens with zero attached hydrogens (tertiary/aromatic N) is 2. The summed E-state index contributed by atoms with van der Waals surface area (Å²) in [6, 6.07) is -0.652. The summed E-state index contributed by atoms with van der Waals surface area (Å²) in [4.78, 5) is 35.9. The molecular formula is C11H17N3O3. The first-order valence-electron chi connectivity index (χ1n) is 5.86. The van der Waals surface area contributed by atoms with Gasteiger partial charge in [-0.2, -0.15) is 5.01 Å². The molecule has 0 radical (unpaired) electrons. The quantitative estimate of drug-likeness (QED) is 0.676. The number of nitrogens with one attached hydrogen (secondary N) is 1. The van der Waals surface area contributed by atoms with Crippen LogP contribution >= 0.6 is 0 Å². The lowest BCUT2D eigenvalue weighted by Crippen LogP contribution is -2.67. The second kappa shape index (κ2) is 4.10. The molecule has 6 nitrogen and oxygen atoms in total. The molecule has 2 rings (SSSR count). The minimum Gasteiger partial charge on any atom is -0.275 e. The van der Waals surface area contributed by atoms with Crippen molar-refractivity contribution in [1.82, 2.24) is 15.3 Å². The number of imide groups is 2. The van der Waals surface area contributed by atoms with Crippen LogP contribution in [0.1, 0.15) is 32.1 Å². The molecule has 2 fully saturated rings. The van der Waals surface area contributed by atoms with Crippen molar-refractivity contribution >= 4 is 17.8 Å². The van der Waals surface area contributed by atoms with Crippen molar-refractivity contribution in [1.29, 1.82) is 0 Å². The zero-order valence-electron chi connectivity index (χ0n) is 10.2. The first-order chi connectivity index (χ1) is 7.99.